The van der Waals surface area contributed by atoms with Crippen LogP contribution in [-0.4, -0.2) is 47.0 Å². The Hall–Kier alpha value is -1.30. The largest absolute Gasteiger partial charge is 0.463 e. The van der Waals surface area contributed by atoms with Crippen molar-refractivity contribution in [3.8, 4) is 0 Å². The van der Waals surface area contributed by atoms with Crippen LogP contribution in [0, 0.1) is 5.92 Å². The molecule has 134 valence electrons. The molecular formula is C17H31NO5. The highest BCUT2D eigenvalue weighted by atomic mass is 16.6. The van der Waals surface area contributed by atoms with Crippen molar-refractivity contribution >= 4 is 12.1 Å². The number of rotatable bonds is 4. The molecule has 1 aliphatic rings. The van der Waals surface area contributed by atoms with Gasteiger partial charge in [-0.3, -0.25) is 9.69 Å². The van der Waals surface area contributed by atoms with Crippen LogP contribution in [-0.2, 0) is 19.0 Å². The summed E-state index contributed by atoms with van der Waals surface area (Å²) in [5, 5.41) is 0. The van der Waals surface area contributed by atoms with Gasteiger partial charge in [0.25, 0.3) is 0 Å². The molecule has 0 aromatic heterocycles. The molecule has 6 heteroatoms. The van der Waals surface area contributed by atoms with Crippen molar-refractivity contribution in [3.05, 3.63) is 0 Å². The molecule has 0 aromatic carbocycles. The van der Waals surface area contributed by atoms with Gasteiger partial charge in [0.1, 0.15) is 24.0 Å². The molecule has 0 spiro atoms. The summed E-state index contributed by atoms with van der Waals surface area (Å²) in [6.07, 6.45) is -0.0171. The van der Waals surface area contributed by atoms with Crippen LogP contribution in [0.1, 0.15) is 61.8 Å². The van der Waals surface area contributed by atoms with Crippen LogP contribution in [0.5, 0.6) is 0 Å². The first-order chi connectivity index (χ1) is 10.3. The molecule has 1 rings (SSSR count). The van der Waals surface area contributed by atoms with Crippen LogP contribution in [0.25, 0.3) is 0 Å². The van der Waals surface area contributed by atoms with Gasteiger partial charge in [0.05, 0.1) is 6.04 Å². The molecule has 23 heavy (non-hydrogen) atoms. The third kappa shape index (κ3) is 5.68. The molecule has 2 atom stereocenters. The first-order valence-corrected chi connectivity index (χ1v) is 8.17. The van der Waals surface area contributed by atoms with Crippen molar-refractivity contribution < 1.29 is 23.8 Å². The minimum Gasteiger partial charge on any atom is -0.463 e. The zero-order valence-corrected chi connectivity index (χ0v) is 15.6. The fourth-order valence-corrected chi connectivity index (χ4v) is 2.82. The molecule has 0 saturated carbocycles. The number of carbonyl (C=O) groups is 2. The van der Waals surface area contributed by atoms with Gasteiger partial charge in [0, 0.05) is 6.92 Å². The fourth-order valence-electron chi connectivity index (χ4n) is 2.82. The number of hydrogen-bond donors (Lipinski definition) is 0. The number of amides is 1. The molecule has 1 aliphatic heterocycles. The molecule has 0 unspecified atom stereocenters. The summed E-state index contributed by atoms with van der Waals surface area (Å²) in [7, 11) is 0. The highest BCUT2D eigenvalue weighted by Gasteiger charge is 2.51. The van der Waals surface area contributed by atoms with Gasteiger partial charge >= 0.3 is 12.1 Å². The molecule has 1 fully saturated rings. The summed E-state index contributed by atoms with van der Waals surface area (Å²) >= 11 is 0. The van der Waals surface area contributed by atoms with Crippen LogP contribution in [0.3, 0.4) is 0 Å². The Morgan fingerprint density at radius 2 is 1.83 bits per heavy atom. The highest BCUT2D eigenvalue weighted by Crippen LogP contribution is 2.36. The standard InChI is InChI=1S/C17H31NO5/c1-11(2)9-13-14(10-21-12(3)19)22-17(7,8)18(13)15(20)23-16(4,5)6/h11,13-14H,9-10H2,1-8H3/t13-,14-/m0/s1. The Bertz CT molecular complexity index is 439. The van der Waals surface area contributed by atoms with E-state index in [0.29, 0.717) is 5.92 Å². The van der Waals surface area contributed by atoms with Gasteiger partial charge in [-0.15, -0.1) is 0 Å². The topological polar surface area (TPSA) is 65.1 Å². The lowest BCUT2D eigenvalue weighted by molar-refractivity contribution is -0.147. The van der Waals surface area contributed by atoms with Crippen molar-refractivity contribution in [1.29, 1.82) is 0 Å². The van der Waals surface area contributed by atoms with Gasteiger partial charge < -0.3 is 14.2 Å². The van der Waals surface area contributed by atoms with Gasteiger partial charge in [-0.25, -0.2) is 4.79 Å². The molecule has 1 amide bonds. The smallest absolute Gasteiger partial charge is 0.412 e. The summed E-state index contributed by atoms with van der Waals surface area (Å²) in [6.45, 7) is 14.8. The Balaban J connectivity index is 3.01. The van der Waals surface area contributed by atoms with Crippen molar-refractivity contribution in [3.63, 3.8) is 0 Å². The minimum atomic E-state index is -0.813. The minimum absolute atomic E-state index is 0.134. The molecule has 0 N–H and O–H groups in total. The van der Waals surface area contributed by atoms with Crippen LogP contribution < -0.4 is 0 Å². The average molecular weight is 329 g/mol. The number of ether oxygens (including phenoxy) is 3. The second-order valence-electron chi connectivity index (χ2n) is 7.95. The van der Waals surface area contributed by atoms with E-state index in [1.165, 1.54) is 6.92 Å². The lowest BCUT2D eigenvalue weighted by Gasteiger charge is -2.35. The Labute approximate surface area is 139 Å². The lowest BCUT2D eigenvalue weighted by Crippen LogP contribution is -2.50. The van der Waals surface area contributed by atoms with Crippen molar-refractivity contribution in [2.24, 2.45) is 5.92 Å². The molecule has 0 bridgehead atoms. The van der Waals surface area contributed by atoms with E-state index >= 15 is 0 Å². The summed E-state index contributed by atoms with van der Waals surface area (Å²) in [5.74, 6) is 0.00712. The highest BCUT2D eigenvalue weighted by molar-refractivity contribution is 5.70. The third-order valence-corrected chi connectivity index (χ3v) is 3.53. The Morgan fingerprint density at radius 1 is 1.26 bits per heavy atom. The second kappa shape index (κ2) is 7.07. The summed E-state index contributed by atoms with van der Waals surface area (Å²) in [4.78, 5) is 25.4. The van der Waals surface area contributed by atoms with Gasteiger partial charge in [-0.1, -0.05) is 13.8 Å². The first kappa shape index (κ1) is 19.7. The molecule has 6 nitrogen and oxygen atoms in total. The lowest BCUT2D eigenvalue weighted by atomic mass is 9.98. The molecule has 1 heterocycles. The zero-order chi connectivity index (χ0) is 18.0. The SMILES string of the molecule is CC(=O)OC[C@@H]1OC(C)(C)N(C(=O)OC(C)(C)C)[C@H]1CC(C)C. The van der Waals surface area contributed by atoms with Crippen molar-refractivity contribution in [1.82, 2.24) is 4.90 Å². The molecular weight excluding hydrogens is 298 g/mol. The van der Waals surface area contributed by atoms with Gasteiger partial charge in [-0.2, -0.15) is 0 Å². The van der Waals surface area contributed by atoms with Crippen LogP contribution in [0.2, 0.25) is 0 Å². The van der Waals surface area contributed by atoms with E-state index in [2.05, 4.69) is 13.8 Å². The van der Waals surface area contributed by atoms with Gasteiger partial charge in [-0.05, 0) is 47.0 Å². The average Bonchev–Trinajstić information content (AvgIpc) is 2.54. The molecule has 0 aliphatic carbocycles. The van der Waals surface area contributed by atoms with Crippen LogP contribution in [0.15, 0.2) is 0 Å². The predicted octanol–water partition coefficient (Wildman–Crippen LogP) is 3.34. The normalized spacial score (nSPS) is 24.0. The van der Waals surface area contributed by atoms with E-state index in [1.807, 2.05) is 34.6 Å². The third-order valence-electron chi connectivity index (χ3n) is 3.53. The molecule has 0 radical (unpaired) electrons. The molecule has 0 aromatic rings. The van der Waals surface area contributed by atoms with Crippen molar-refractivity contribution in [2.75, 3.05) is 6.61 Å². The summed E-state index contributed by atoms with van der Waals surface area (Å²) < 4.78 is 16.7. The van der Waals surface area contributed by atoms with Crippen molar-refractivity contribution in [2.45, 2.75) is 85.3 Å². The quantitative estimate of drug-likeness (QED) is 0.740. The maximum atomic E-state index is 12.7. The number of esters is 1. The maximum absolute atomic E-state index is 12.7. The van der Waals surface area contributed by atoms with Crippen LogP contribution >= 0.6 is 0 Å². The van der Waals surface area contributed by atoms with E-state index in [0.717, 1.165) is 6.42 Å². The van der Waals surface area contributed by atoms with Gasteiger partial charge in [0.15, 0.2) is 0 Å². The Morgan fingerprint density at radius 3 is 2.26 bits per heavy atom. The summed E-state index contributed by atoms with van der Waals surface area (Å²) in [6, 6.07) is -0.195. The van der Waals surface area contributed by atoms with Crippen LogP contribution in [0.4, 0.5) is 4.79 Å². The predicted molar refractivity (Wildman–Crippen MR) is 86.9 cm³/mol. The summed E-state index contributed by atoms with van der Waals surface area (Å²) in [5.41, 5.74) is -1.39. The van der Waals surface area contributed by atoms with E-state index in [-0.39, 0.29) is 24.7 Å². The van der Waals surface area contributed by atoms with Gasteiger partial charge in [0.2, 0.25) is 0 Å². The Kier molecular flexibility index (Phi) is 6.07. The number of hydrogen-bond acceptors (Lipinski definition) is 5. The number of nitrogens with zero attached hydrogens (tertiary/aromatic N) is 1. The second-order valence-corrected chi connectivity index (χ2v) is 7.95. The van der Waals surface area contributed by atoms with E-state index in [1.54, 1.807) is 4.90 Å². The van der Waals surface area contributed by atoms with E-state index < -0.39 is 17.4 Å². The first-order valence-electron chi connectivity index (χ1n) is 8.17. The molecule has 1 saturated heterocycles. The number of carbonyl (C=O) groups excluding carboxylic acids is 2. The maximum Gasteiger partial charge on any atom is 0.412 e. The van der Waals surface area contributed by atoms with E-state index in [4.69, 9.17) is 14.2 Å². The monoisotopic (exact) mass is 329 g/mol. The zero-order valence-electron chi connectivity index (χ0n) is 15.6. The fraction of sp³-hybridized carbons (Fsp3) is 0.882. The van der Waals surface area contributed by atoms with E-state index in [9.17, 15) is 9.59 Å².